The van der Waals surface area contributed by atoms with E-state index in [2.05, 4.69) is 5.32 Å². The van der Waals surface area contributed by atoms with Gasteiger partial charge in [0.1, 0.15) is 0 Å². The number of carbonyl (C=O) groups is 2. The van der Waals surface area contributed by atoms with Crippen LogP contribution in [0, 0.1) is 34.5 Å². The summed E-state index contributed by atoms with van der Waals surface area (Å²) in [4.78, 5) is 24.2. The fourth-order valence-corrected chi connectivity index (χ4v) is 4.73. The zero-order valence-corrected chi connectivity index (χ0v) is 15.1. The van der Waals surface area contributed by atoms with E-state index in [1.165, 1.54) is 0 Å². The summed E-state index contributed by atoms with van der Waals surface area (Å²) in [7, 11) is 0. The van der Waals surface area contributed by atoms with Crippen molar-refractivity contribution in [2.75, 3.05) is 19.8 Å². The summed E-state index contributed by atoms with van der Waals surface area (Å²) in [6.45, 7) is 3.78. The van der Waals surface area contributed by atoms with Crippen LogP contribution in [0.3, 0.4) is 0 Å². The van der Waals surface area contributed by atoms with E-state index < -0.39 is 17.3 Å². The summed E-state index contributed by atoms with van der Waals surface area (Å²) in [5, 5.41) is 14.6. The molecule has 3 aliphatic carbocycles. The number of amides is 1. The van der Waals surface area contributed by atoms with Gasteiger partial charge in [-0.25, -0.2) is 0 Å². The Labute approximate surface area is 152 Å². The first-order valence-corrected chi connectivity index (χ1v) is 7.72. The summed E-state index contributed by atoms with van der Waals surface area (Å²) in [5.74, 6) is -1.22. The van der Waals surface area contributed by atoms with Gasteiger partial charge in [-0.05, 0) is 30.6 Å². The molecule has 1 saturated heterocycles. The number of nitrogens with one attached hydrogen (secondary N) is 1. The third-order valence-corrected chi connectivity index (χ3v) is 6.37. The van der Waals surface area contributed by atoms with Gasteiger partial charge in [0.25, 0.3) is 0 Å². The molecule has 0 radical (unpaired) electrons. The monoisotopic (exact) mass is 313 g/mol. The number of aliphatic carboxylic acids is 1. The molecular weight excluding hydrogens is 293 g/mol. The second-order valence-electron chi connectivity index (χ2n) is 7.44. The van der Waals surface area contributed by atoms with Crippen LogP contribution in [0.1, 0.15) is 19.8 Å². The number of carboxylic acids is 1. The van der Waals surface area contributed by atoms with Gasteiger partial charge in [-0.3, -0.25) is 4.79 Å². The number of allylic oxidation sites excluding steroid dienone is 2. The van der Waals surface area contributed by atoms with E-state index in [4.69, 9.17) is 4.74 Å². The smallest absolute Gasteiger partial charge is 0.550 e. The molecule has 5 nitrogen and oxygen atoms in total. The largest absolute Gasteiger partial charge is 1.00 e. The summed E-state index contributed by atoms with van der Waals surface area (Å²) in [5.41, 5.74) is -0.947. The topological polar surface area (TPSA) is 78.5 Å². The van der Waals surface area contributed by atoms with Crippen LogP contribution in [-0.4, -0.2) is 31.6 Å². The van der Waals surface area contributed by atoms with Gasteiger partial charge in [0, 0.05) is 23.3 Å². The SMILES string of the molecule is C[C@@]1(C(=O)[O-])[C@@H]2C=C[C@@H](C2)[C@@H]1C(=O)NC[C@@]12COC[C@@H]1C2.[Na+]. The molecule has 4 rings (SSSR count). The molecule has 1 N–H and O–H groups in total. The summed E-state index contributed by atoms with van der Waals surface area (Å²) in [6, 6.07) is 0. The Bertz CT molecular complexity index is 550. The van der Waals surface area contributed by atoms with Gasteiger partial charge in [-0.2, -0.15) is 0 Å². The van der Waals surface area contributed by atoms with Crippen LogP contribution in [0.2, 0.25) is 0 Å². The minimum absolute atomic E-state index is 0. The van der Waals surface area contributed by atoms with Crippen molar-refractivity contribution in [2.24, 2.45) is 34.5 Å². The average Bonchev–Trinajstić information content (AvgIpc) is 2.86. The van der Waals surface area contributed by atoms with Crippen LogP contribution >= 0.6 is 0 Å². The van der Waals surface area contributed by atoms with Crippen LogP contribution in [0.15, 0.2) is 12.2 Å². The van der Waals surface area contributed by atoms with Crippen LogP contribution in [0.4, 0.5) is 0 Å². The number of carboxylic acid groups (broad SMARTS) is 1. The molecule has 0 unspecified atom stereocenters. The van der Waals surface area contributed by atoms with E-state index >= 15 is 0 Å². The Morgan fingerprint density at radius 1 is 1.41 bits per heavy atom. The molecule has 1 amide bonds. The molecule has 6 atom stereocenters. The fourth-order valence-electron chi connectivity index (χ4n) is 4.73. The quantitative estimate of drug-likeness (QED) is 0.436. The second-order valence-corrected chi connectivity index (χ2v) is 7.44. The van der Waals surface area contributed by atoms with Crippen molar-refractivity contribution in [1.29, 1.82) is 0 Å². The maximum Gasteiger partial charge on any atom is 1.00 e. The molecule has 0 spiro atoms. The van der Waals surface area contributed by atoms with E-state index in [0.29, 0.717) is 19.1 Å². The number of carbonyl (C=O) groups excluding carboxylic acids is 2. The standard InChI is InChI=1S/C16H21NO4.Na/c1-15(14(19)20)10-3-2-9(4-10)12(15)13(18)17-7-16-5-11(16)6-21-8-16;/h2-3,9-12H,4-8H2,1H3,(H,17,18)(H,19,20);/q;+1/p-1/t9-,10+,11-,12+,15+,16-;/m0./s1. The predicted molar refractivity (Wildman–Crippen MR) is 71.7 cm³/mol. The average molecular weight is 313 g/mol. The van der Waals surface area contributed by atoms with Crippen LogP contribution in [0.5, 0.6) is 0 Å². The first-order valence-electron chi connectivity index (χ1n) is 7.72. The molecule has 0 aromatic rings. The molecule has 3 fully saturated rings. The second kappa shape index (κ2) is 5.33. The van der Waals surface area contributed by atoms with Crippen molar-refractivity contribution in [3.63, 3.8) is 0 Å². The Hall–Kier alpha value is -0.360. The van der Waals surface area contributed by atoms with Crippen molar-refractivity contribution in [3.05, 3.63) is 12.2 Å². The van der Waals surface area contributed by atoms with Crippen molar-refractivity contribution >= 4 is 11.9 Å². The van der Waals surface area contributed by atoms with Crippen LogP contribution in [0.25, 0.3) is 0 Å². The van der Waals surface area contributed by atoms with Gasteiger partial charge in [0.05, 0.1) is 19.1 Å². The molecule has 4 aliphatic rings. The van der Waals surface area contributed by atoms with Crippen molar-refractivity contribution in [1.82, 2.24) is 5.32 Å². The van der Waals surface area contributed by atoms with E-state index in [1.54, 1.807) is 6.92 Å². The molecular formula is C16H20NNaO4. The minimum atomic E-state index is -1.11. The molecule has 2 bridgehead atoms. The summed E-state index contributed by atoms with van der Waals surface area (Å²) in [6.07, 6.45) is 5.79. The number of hydrogen-bond donors (Lipinski definition) is 1. The number of hydrogen-bond acceptors (Lipinski definition) is 4. The maximum absolute atomic E-state index is 12.6. The molecule has 22 heavy (non-hydrogen) atoms. The zero-order valence-electron chi connectivity index (χ0n) is 13.1. The zero-order chi connectivity index (χ0) is 14.8. The van der Waals surface area contributed by atoms with E-state index in [9.17, 15) is 14.7 Å². The van der Waals surface area contributed by atoms with Crippen molar-refractivity contribution in [3.8, 4) is 0 Å². The first kappa shape index (κ1) is 16.5. The van der Waals surface area contributed by atoms with Gasteiger partial charge in [-0.1, -0.05) is 19.1 Å². The van der Waals surface area contributed by atoms with Crippen molar-refractivity contribution in [2.45, 2.75) is 19.8 Å². The van der Waals surface area contributed by atoms with E-state index in [1.807, 2.05) is 12.2 Å². The normalized spacial score (nSPS) is 47.0. The third-order valence-electron chi connectivity index (χ3n) is 6.37. The molecule has 6 heteroatoms. The molecule has 114 valence electrons. The van der Waals surface area contributed by atoms with Crippen LogP contribution < -0.4 is 40.0 Å². The van der Waals surface area contributed by atoms with Gasteiger partial charge in [-0.15, -0.1) is 0 Å². The van der Waals surface area contributed by atoms with Gasteiger partial charge in [0.15, 0.2) is 0 Å². The summed E-state index contributed by atoms with van der Waals surface area (Å²) < 4.78 is 5.43. The van der Waals surface area contributed by atoms with Gasteiger partial charge in [0.2, 0.25) is 5.91 Å². The Kier molecular flexibility index (Phi) is 4.00. The predicted octanol–water partition coefficient (Wildman–Crippen LogP) is -3.28. The molecule has 1 aliphatic heterocycles. The summed E-state index contributed by atoms with van der Waals surface area (Å²) >= 11 is 0. The van der Waals surface area contributed by atoms with Crippen LogP contribution in [-0.2, 0) is 14.3 Å². The molecule has 1 heterocycles. The Balaban J connectivity index is 0.00000144. The van der Waals surface area contributed by atoms with E-state index in [0.717, 1.165) is 19.4 Å². The number of fused-ring (bicyclic) bond motifs is 3. The number of rotatable bonds is 4. The molecule has 0 aromatic heterocycles. The molecule has 2 saturated carbocycles. The third kappa shape index (κ3) is 2.13. The van der Waals surface area contributed by atoms with E-state index in [-0.39, 0.29) is 52.7 Å². The van der Waals surface area contributed by atoms with Gasteiger partial charge >= 0.3 is 29.6 Å². The maximum atomic E-state index is 12.6. The fraction of sp³-hybridized carbons (Fsp3) is 0.750. The van der Waals surface area contributed by atoms with Gasteiger partial charge < -0.3 is 20.0 Å². The minimum Gasteiger partial charge on any atom is -0.550 e. The Morgan fingerprint density at radius 2 is 2.18 bits per heavy atom. The van der Waals surface area contributed by atoms with Crippen molar-refractivity contribution < 1.29 is 49.0 Å². The Morgan fingerprint density at radius 3 is 2.77 bits per heavy atom. The number of ether oxygens (including phenoxy) is 1. The first-order chi connectivity index (χ1) is 9.97. The molecule has 0 aromatic carbocycles.